The molecule has 1 aliphatic rings. The maximum Gasteiger partial charge on any atom is 0.270 e. The van der Waals surface area contributed by atoms with E-state index in [0.29, 0.717) is 17.6 Å². The average molecular weight is 265 g/mol. The molecule has 0 saturated carbocycles. The summed E-state index contributed by atoms with van der Waals surface area (Å²) in [5.74, 6) is 0.00658. The van der Waals surface area contributed by atoms with Crippen molar-refractivity contribution in [3.8, 4) is 0 Å². The molecule has 2 aromatic rings. The molecular formula is C16H11NO3. The first-order valence-electron chi connectivity index (χ1n) is 6.23. The minimum atomic E-state index is -0.437. The Balaban J connectivity index is 1.97. The fraction of sp³-hybridized carbons (Fsp3) is 0.0625. The van der Waals surface area contributed by atoms with Gasteiger partial charge in [-0.3, -0.25) is 14.9 Å². The predicted molar refractivity (Wildman–Crippen MR) is 75.5 cm³/mol. The van der Waals surface area contributed by atoms with Gasteiger partial charge in [-0.05, 0) is 17.2 Å². The van der Waals surface area contributed by atoms with E-state index in [0.717, 1.165) is 11.1 Å². The number of hydrogen-bond acceptors (Lipinski definition) is 3. The molecule has 0 N–H and O–H groups in total. The lowest BCUT2D eigenvalue weighted by Crippen LogP contribution is -1.95. The van der Waals surface area contributed by atoms with Crippen LogP contribution in [0.4, 0.5) is 5.69 Å². The van der Waals surface area contributed by atoms with Crippen LogP contribution in [0.3, 0.4) is 0 Å². The molecule has 3 rings (SSSR count). The first kappa shape index (κ1) is 12.3. The molecule has 0 saturated heterocycles. The van der Waals surface area contributed by atoms with Crippen molar-refractivity contribution in [2.75, 3.05) is 0 Å². The van der Waals surface area contributed by atoms with Crippen molar-refractivity contribution < 1.29 is 9.72 Å². The van der Waals surface area contributed by atoms with Crippen LogP contribution in [0.25, 0.3) is 6.08 Å². The number of hydrogen-bond donors (Lipinski definition) is 0. The second-order valence-corrected chi connectivity index (χ2v) is 4.68. The van der Waals surface area contributed by atoms with E-state index >= 15 is 0 Å². The summed E-state index contributed by atoms with van der Waals surface area (Å²) in [6.07, 6.45) is 2.31. The number of benzene rings is 2. The van der Waals surface area contributed by atoms with Crippen molar-refractivity contribution in [3.05, 3.63) is 80.9 Å². The Bertz CT molecular complexity index is 747. The maximum atomic E-state index is 12.2. The molecule has 4 nitrogen and oxygen atoms in total. The third kappa shape index (κ3) is 2.12. The zero-order chi connectivity index (χ0) is 14.1. The number of nitro groups is 1. The number of non-ortho nitro benzene ring substituents is 1. The van der Waals surface area contributed by atoms with Gasteiger partial charge in [-0.1, -0.05) is 36.4 Å². The predicted octanol–water partition coefficient (Wildman–Crippen LogP) is 3.42. The van der Waals surface area contributed by atoms with Gasteiger partial charge in [-0.15, -0.1) is 0 Å². The molecule has 0 spiro atoms. The zero-order valence-corrected chi connectivity index (χ0v) is 10.6. The quantitative estimate of drug-likeness (QED) is 0.475. The second-order valence-electron chi connectivity index (χ2n) is 4.68. The van der Waals surface area contributed by atoms with Crippen LogP contribution in [0, 0.1) is 10.1 Å². The summed E-state index contributed by atoms with van der Waals surface area (Å²) in [6.45, 7) is 0. The SMILES string of the molecule is O=C1/C(=C\c2cccc([N+](=O)[O-])c2)Cc2ccccc21. The molecule has 0 aromatic heterocycles. The molecule has 0 unspecified atom stereocenters. The second kappa shape index (κ2) is 4.74. The third-order valence-corrected chi connectivity index (χ3v) is 3.36. The van der Waals surface area contributed by atoms with Gasteiger partial charge in [0.25, 0.3) is 5.69 Å². The van der Waals surface area contributed by atoms with Gasteiger partial charge in [-0.25, -0.2) is 0 Å². The lowest BCUT2D eigenvalue weighted by Gasteiger charge is -1.97. The number of fused-ring (bicyclic) bond motifs is 1. The van der Waals surface area contributed by atoms with E-state index in [9.17, 15) is 14.9 Å². The normalized spacial score (nSPS) is 15.4. The highest BCUT2D eigenvalue weighted by Gasteiger charge is 2.23. The van der Waals surface area contributed by atoms with Crippen LogP contribution in [-0.2, 0) is 6.42 Å². The summed E-state index contributed by atoms with van der Waals surface area (Å²) in [4.78, 5) is 22.5. The van der Waals surface area contributed by atoms with Crippen molar-refractivity contribution in [1.29, 1.82) is 0 Å². The summed E-state index contributed by atoms with van der Waals surface area (Å²) in [5.41, 5.74) is 3.11. The highest BCUT2D eigenvalue weighted by molar-refractivity contribution is 6.15. The number of nitrogens with zero attached hydrogens (tertiary/aromatic N) is 1. The van der Waals surface area contributed by atoms with Crippen molar-refractivity contribution in [1.82, 2.24) is 0 Å². The molecule has 0 fully saturated rings. The molecular weight excluding hydrogens is 254 g/mol. The minimum absolute atomic E-state index is 0.00658. The van der Waals surface area contributed by atoms with Crippen LogP contribution in [0.15, 0.2) is 54.1 Å². The average Bonchev–Trinajstić information content (AvgIpc) is 2.76. The Kier molecular flexibility index (Phi) is 2.91. The van der Waals surface area contributed by atoms with Crippen LogP contribution in [0.1, 0.15) is 21.5 Å². The van der Waals surface area contributed by atoms with Crippen LogP contribution in [-0.4, -0.2) is 10.7 Å². The van der Waals surface area contributed by atoms with Gasteiger partial charge in [0.2, 0.25) is 0 Å². The van der Waals surface area contributed by atoms with E-state index in [1.807, 2.05) is 24.3 Å². The molecule has 20 heavy (non-hydrogen) atoms. The third-order valence-electron chi connectivity index (χ3n) is 3.36. The van der Waals surface area contributed by atoms with Crippen molar-refractivity contribution in [2.24, 2.45) is 0 Å². The molecule has 0 amide bonds. The lowest BCUT2D eigenvalue weighted by molar-refractivity contribution is -0.384. The fourth-order valence-electron chi connectivity index (χ4n) is 2.40. The number of nitro benzene ring substituents is 1. The number of rotatable bonds is 2. The van der Waals surface area contributed by atoms with E-state index in [1.54, 1.807) is 18.2 Å². The van der Waals surface area contributed by atoms with Crippen LogP contribution in [0.2, 0.25) is 0 Å². The molecule has 2 aromatic carbocycles. The largest absolute Gasteiger partial charge is 0.289 e. The Morgan fingerprint density at radius 3 is 2.65 bits per heavy atom. The van der Waals surface area contributed by atoms with E-state index in [2.05, 4.69) is 0 Å². The number of carbonyl (C=O) groups is 1. The standard InChI is InChI=1S/C16H11NO3/c18-16-13(10-12-5-1-2-7-15(12)16)8-11-4-3-6-14(9-11)17(19)20/h1-9H,10H2/b13-8-. The van der Waals surface area contributed by atoms with E-state index in [1.165, 1.54) is 12.1 Å². The molecule has 0 aliphatic heterocycles. The molecule has 0 bridgehead atoms. The fourth-order valence-corrected chi connectivity index (χ4v) is 2.40. The summed E-state index contributed by atoms with van der Waals surface area (Å²) in [7, 11) is 0. The first-order valence-corrected chi connectivity index (χ1v) is 6.23. The summed E-state index contributed by atoms with van der Waals surface area (Å²) < 4.78 is 0. The summed E-state index contributed by atoms with van der Waals surface area (Å²) in [5, 5.41) is 10.8. The summed E-state index contributed by atoms with van der Waals surface area (Å²) in [6, 6.07) is 13.8. The smallest absolute Gasteiger partial charge is 0.270 e. The number of ketones is 1. The number of allylic oxidation sites excluding steroid dienone is 1. The van der Waals surface area contributed by atoms with Gasteiger partial charge in [-0.2, -0.15) is 0 Å². The zero-order valence-electron chi connectivity index (χ0n) is 10.6. The molecule has 0 heterocycles. The van der Waals surface area contributed by atoms with Gasteiger partial charge in [0.1, 0.15) is 0 Å². The Hall–Kier alpha value is -2.75. The Morgan fingerprint density at radius 1 is 1.10 bits per heavy atom. The number of Topliss-reactive ketones (excluding diaryl/α,β-unsaturated/α-hetero) is 1. The van der Waals surface area contributed by atoms with Gasteiger partial charge in [0.15, 0.2) is 5.78 Å². The van der Waals surface area contributed by atoms with E-state index < -0.39 is 4.92 Å². The highest BCUT2D eigenvalue weighted by Crippen LogP contribution is 2.28. The monoisotopic (exact) mass is 265 g/mol. The van der Waals surface area contributed by atoms with Gasteiger partial charge in [0.05, 0.1) is 4.92 Å². The lowest BCUT2D eigenvalue weighted by atomic mass is 10.1. The van der Waals surface area contributed by atoms with Crippen molar-refractivity contribution in [2.45, 2.75) is 6.42 Å². The molecule has 4 heteroatoms. The topological polar surface area (TPSA) is 60.2 Å². The highest BCUT2D eigenvalue weighted by atomic mass is 16.6. The van der Waals surface area contributed by atoms with Gasteiger partial charge >= 0.3 is 0 Å². The van der Waals surface area contributed by atoms with Crippen LogP contribution >= 0.6 is 0 Å². The van der Waals surface area contributed by atoms with E-state index in [4.69, 9.17) is 0 Å². The van der Waals surface area contributed by atoms with Crippen LogP contribution < -0.4 is 0 Å². The minimum Gasteiger partial charge on any atom is -0.289 e. The van der Waals surface area contributed by atoms with Crippen molar-refractivity contribution >= 4 is 17.5 Å². The molecule has 1 aliphatic carbocycles. The molecule has 0 radical (unpaired) electrons. The van der Waals surface area contributed by atoms with Gasteiger partial charge in [0, 0.05) is 29.7 Å². The Morgan fingerprint density at radius 2 is 1.90 bits per heavy atom. The molecule has 0 atom stereocenters. The summed E-state index contributed by atoms with van der Waals surface area (Å²) >= 11 is 0. The van der Waals surface area contributed by atoms with E-state index in [-0.39, 0.29) is 11.5 Å². The number of carbonyl (C=O) groups excluding carboxylic acids is 1. The maximum absolute atomic E-state index is 12.2. The van der Waals surface area contributed by atoms with Gasteiger partial charge < -0.3 is 0 Å². The molecule has 98 valence electrons. The van der Waals surface area contributed by atoms with Crippen LogP contribution in [0.5, 0.6) is 0 Å². The Labute approximate surface area is 115 Å². The van der Waals surface area contributed by atoms with Crippen molar-refractivity contribution in [3.63, 3.8) is 0 Å². The first-order chi connectivity index (χ1) is 9.65.